The van der Waals surface area contributed by atoms with Crippen LogP contribution in [0.25, 0.3) is 16.0 Å². The Morgan fingerprint density at radius 2 is 2.07 bits per heavy atom. The number of carbonyl (C=O) groups is 1. The first kappa shape index (κ1) is 19.4. The molecule has 1 aromatic heterocycles. The number of aromatic nitrogens is 3. The van der Waals surface area contributed by atoms with E-state index in [1.54, 1.807) is 18.5 Å². The average molecular weight is 395 g/mol. The van der Waals surface area contributed by atoms with Crippen molar-refractivity contribution in [1.82, 2.24) is 14.8 Å². The monoisotopic (exact) mass is 395 g/mol. The molecule has 6 heteroatoms. The Kier molecular flexibility index (Phi) is 5.32. The van der Waals surface area contributed by atoms with Crippen LogP contribution in [0.1, 0.15) is 40.5 Å². The first-order valence-electron chi connectivity index (χ1n) is 9.81. The summed E-state index contributed by atoms with van der Waals surface area (Å²) in [6.45, 7) is 9.32. The Morgan fingerprint density at radius 1 is 1.27 bits per heavy atom. The maximum atomic E-state index is 11.5. The zero-order valence-corrected chi connectivity index (χ0v) is 16.7. The number of piperidine rings is 1. The van der Waals surface area contributed by atoms with E-state index in [0.29, 0.717) is 22.7 Å². The number of terminal acetylenes is 1. The standard InChI is InChI=1S/C24H21N5O/c1-4-17-8-9-19(14-20(17)15-30)21-6-5-7-22(25-2)23(21)29-12-10-18(11-13-29)24-27-26-16-28(24)3/h1,5-9,14-16,18H,10-13H2,3H3. The van der Waals surface area contributed by atoms with Crippen LogP contribution in [-0.2, 0) is 7.05 Å². The van der Waals surface area contributed by atoms with Gasteiger partial charge >= 0.3 is 0 Å². The SMILES string of the molecule is [C-]#[N+]c1cccc(-c2ccc(C#C)c(C=O)c2)c1N1CCC(c2nncn2C)CC1. The van der Waals surface area contributed by atoms with Crippen LogP contribution in [0.4, 0.5) is 11.4 Å². The molecule has 1 saturated heterocycles. The lowest BCUT2D eigenvalue weighted by atomic mass is 9.93. The first-order valence-corrected chi connectivity index (χ1v) is 9.81. The molecule has 0 bridgehead atoms. The van der Waals surface area contributed by atoms with E-state index < -0.39 is 0 Å². The van der Waals surface area contributed by atoms with Crippen LogP contribution in [-0.4, -0.2) is 34.1 Å². The summed E-state index contributed by atoms with van der Waals surface area (Å²) in [5.41, 5.74) is 4.39. The smallest absolute Gasteiger partial charge is 0.210 e. The van der Waals surface area contributed by atoms with Crippen molar-refractivity contribution in [1.29, 1.82) is 0 Å². The highest BCUT2D eigenvalue weighted by atomic mass is 16.1. The van der Waals surface area contributed by atoms with Gasteiger partial charge in [-0.05, 0) is 36.1 Å². The first-order chi connectivity index (χ1) is 14.7. The molecule has 30 heavy (non-hydrogen) atoms. The molecule has 0 spiro atoms. The van der Waals surface area contributed by atoms with Gasteiger partial charge in [0, 0.05) is 42.9 Å². The third-order valence-electron chi connectivity index (χ3n) is 5.70. The number of hydrogen-bond donors (Lipinski definition) is 0. The van der Waals surface area contributed by atoms with Crippen molar-refractivity contribution in [3.8, 4) is 23.5 Å². The summed E-state index contributed by atoms with van der Waals surface area (Å²) < 4.78 is 1.98. The molecular weight excluding hydrogens is 374 g/mol. The molecule has 4 rings (SSSR count). The van der Waals surface area contributed by atoms with E-state index in [4.69, 9.17) is 13.0 Å². The fourth-order valence-corrected chi connectivity index (χ4v) is 4.17. The second kappa shape index (κ2) is 8.23. The van der Waals surface area contributed by atoms with E-state index in [1.165, 1.54) is 0 Å². The molecule has 0 unspecified atom stereocenters. The molecule has 0 aliphatic carbocycles. The third kappa shape index (κ3) is 3.44. The minimum absolute atomic E-state index is 0.355. The number of aldehydes is 1. The van der Waals surface area contributed by atoms with Gasteiger partial charge in [0.15, 0.2) is 6.29 Å². The molecule has 2 heterocycles. The number of rotatable bonds is 4. The molecule has 0 radical (unpaired) electrons. The van der Waals surface area contributed by atoms with E-state index in [0.717, 1.165) is 54.9 Å². The van der Waals surface area contributed by atoms with Crippen molar-refractivity contribution in [2.45, 2.75) is 18.8 Å². The van der Waals surface area contributed by atoms with E-state index in [2.05, 4.69) is 25.9 Å². The van der Waals surface area contributed by atoms with E-state index in [-0.39, 0.29) is 0 Å². The summed E-state index contributed by atoms with van der Waals surface area (Å²) in [4.78, 5) is 17.5. The van der Waals surface area contributed by atoms with Crippen LogP contribution in [0.2, 0.25) is 0 Å². The molecule has 3 aromatic rings. The van der Waals surface area contributed by atoms with Crippen molar-refractivity contribution >= 4 is 17.7 Å². The average Bonchev–Trinajstić information content (AvgIpc) is 3.24. The van der Waals surface area contributed by atoms with Crippen molar-refractivity contribution < 1.29 is 4.79 Å². The second-order valence-corrected chi connectivity index (χ2v) is 7.41. The number of para-hydroxylation sites is 1. The van der Waals surface area contributed by atoms with Gasteiger partial charge in [-0.2, -0.15) is 0 Å². The van der Waals surface area contributed by atoms with Crippen molar-refractivity contribution in [3.63, 3.8) is 0 Å². The second-order valence-electron chi connectivity index (χ2n) is 7.41. The number of anilines is 1. The van der Waals surface area contributed by atoms with Gasteiger partial charge in [-0.1, -0.05) is 30.2 Å². The topological polar surface area (TPSA) is 55.4 Å². The molecular formula is C24H21N5O. The zero-order chi connectivity index (χ0) is 21.1. The van der Waals surface area contributed by atoms with E-state index >= 15 is 0 Å². The molecule has 148 valence electrons. The lowest BCUT2D eigenvalue weighted by Crippen LogP contribution is -2.34. The van der Waals surface area contributed by atoms with Gasteiger partial charge in [0.05, 0.1) is 6.57 Å². The molecule has 0 N–H and O–H groups in total. The molecule has 1 fully saturated rings. The molecule has 6 nitrogen and oxygen atoms in total. The largest absolute Gasteiger partial charge is 0.380 e. The number of carbonyl (C=O) groups excluding carboxylic acids is 1. The van der Waals surface area contributed by atoms with E-state index in [9.17, 15) is 4.79 Å². The predicted octanol–water partition coefficient (Wildman–Crippen LogP) is 4.21. The van der Waals surface area contributed by atoms with Crippen LogP contribution in [0, 0.1) is 18.9 Å². The fourth-order valence-electron chi connectivity index (χ4n) is 4.17. The fraction of sp³-hybridized carbons (Fsp3) is 0.250. The quantitative estimate of drug-likeness (QED) is 0.377. The molecule has 1 aliphatic heterocycles. The summed E-state index contributed by atoms with van der Waals surface area (Å²) in [6.07, 6.45) is 9.90. The minimum atomic E-state index is 0.355. The molecule has 0 saturated carbocycles. The Labute approximate surface area is 176 Å². The highest BCUT2D eigenvalue weighted by Crippen LogP contribution is 2.41. The van der Waals surface area contributed by atoms with Crippen LogP contribution in [0.15, 0.2) is 42.7 Å². The lowest BCUT2D eigenvalue weighted by molar-refractivity contribution is 0.112. The maximum Gasteiger partial charge on any atom is 0.210 e. The van der Waals surface area contributed by atoms with Gasteiger partial charge in [-0.15, -0.1) is 16.6 Å². The molecule has 0 atom stereocenters. The normalized spacial score (nSPS) is 14.2. The van der Waals surface area contributed by atoms with Crippen molar-refractivity contribution in [2.75, 3.05) is 18.0 Å². The molecule has 1 aliphatic rings. The number of nitrogens with zero attached hydrogens (tertiary/aromatic N) is 5. The summed E-state index contributed by atoms with van der Waals surface area (Å²) in [7, 11) is 1.97. The Bertz CT molecular complexity index is 1170. The van der Waals surface area contributed by atoms with Gasteiger partial charge in [0.2, 0.25) is 5.69 Å². The summed E-state index contributed by atoms with van der Waals surface area (Å²) >= 11 is 0. The lowest BCUT2D eigenvalue weighted by Gasteiger charge is -2.35. The number of benzene rings is 2. The number of hydrogen-bond acceptors (Lipinski definition) is 4. The van der Waals surface area contributed by atoms with Crippen LogP contribution in [0.5, 0.6) is 0 Å². The van der Waals surface area contributed by atoms with Gasteiger partial charge in [0.25, 0.3) is 0 Å². The van der Waals surface area contributed by atoms with Crippen LogP contribution < -0.4 is 4.90 Å². The zero-order valence-electron chi connectivity index (χ0n) is 16.7. The molecule has 0 amide bonds. The summed E-state index contributed by atoms with van der Waals surface area (Å²) in [5, 5.41) is 8.27. The van der Waals surface area contributed by atoms with E-state index in [1.807, 2.05) is 35.9 Å². The van der Waals surface area contributed by atoms with Crippen molar-refractivity contribution in [3.05, 3.63) is 71.1 Å². The maximum absolute atomic E-state index is 11.5. The highest BCUT2D eigenvalue weighted by Gasteiger charge is 2.26. The van der Waals surface area contributed by atoms with Gasteiger partial charge in [-0.25, -0.2) is 4.85 Å². The Morgan fingerprint density at radius 3 is 2.70 bits per heavy atom. The van der Waals surface area contributed by atoms with Crippen molar-refractivity contribution in [2.24, 2.45) is 7.05 Å². The van der Waals surface area contributed by atoms with Crippen LogP contribution in [0.3, 0.4) is 0 Å². The number of aryl methyl sites for hydroxylation is 1. The van der Waals surface area contributed by atoms with Crippen LogP contribution >= 0.6 is 0 Å². The Balaban J connectivity index is 1.70. The summed E-state index contributed by atoms with van der Waals surface area (Å²) in [6, 6.07) is 11.2. The highest BCUT2D eigenvalue weighted by molar-refractivity contribution is 5.91. The van der Waals surface area contributed by atoms with Gasteiger partial charge in [0.1, 0.15) is 12.2 Å². The third-order valence-corrected chi connectivity index (χ3v) is 5.70. The summed E-state index contributed by atoms with van der Waals surface area (Å²) in [5.74, 6) is 3.91. The Hall–Kier alpha value is -3.90. The minimum Gasteiger partial charge on any atom is -0.380 e. The van der Waals surface area contributed by atoms with Gasteiger partial charge in [-0.3, -0.25) is 4.79 Å². The molecule has 2 aromatic carbocycles. The predicted molar refractivity (Wildman–Crippen MR) is 117 cm³/mol. The van der Waals surface area contributed by atoms with Gasteiger partial charge < -0.3 is 9.47 Å².